The molecule has 1 aliphatic heterocycles. The maximum absolute atomic E-state index is 12.5. The average molecular weight is 290 g/mol. The molecule has 0 N–H and O–H groups in total. The van der Waals surface area contributed by atoms with Gasteiger partial charge >= 0.3 is 0 Å². The minimum absolute atomic E-state index is 0.0123. The number of aromatic nitrogens is 2. The van der Waals surface area contributed by atoms with Crippen molar-refractivity contribution in [3.8, 4) is 0 Å². The maximum Gasteiger partial charge on any atom is 0.272 e. The lowest BCUT2D eigenvalue weighted by atomic mass is 9.88. The van der Waals surface area contributed by atoms with Crippen LogP contribution in [0.2, 0.25) is 0 Å². The largest absolute Gasteiger partial charge is 0.345 e. The van der Waals surface area contributed by atoms with Gasteiger partial charge in [-0.05, 0) is 24.7 Å². The lowest BCUT2D eigenvalue weighted by Crippen LogP contribution is -2.40. The summed E-state index contributed by atoms with van der Waals surface area (Å²) in [7, 11) is 5.56. The summed E-state index contributed by atoms with van der Waals surface area (Å²) in [5.41, 5.74) is 0.612. The quantitative estimate of drug-likeness (QED) is 0.807. The topological polar surface area (TPSA) is 58.4 Å². The van der Waals surface area contributed by atoms with Crippen LogP contribution >= 0.6 is 0 Å². The fourth-order valence-electron chi connectivity index (χ4n) is 3.71. The highest BCUT2D eigenvalue weighted by Gasteiger charge is 2.42. The molecule has 21 heavy (non-hydrogen) atoms. The van der Waals surface area contributed by atoms with Gasteiger partial charge in [-0.3, -0.25) is 9.59 Å². The molecule has 0 radical (unpaired) electrons. The van der Waals surface area contributed by atoms with Crippen LogP contribution in [0.3, 0.4) is 0 Å². The first-order chi connectivity index (χ1) is 9.97. The number of fused-ring (bicyclic) bond motifs is 1. The summed E-state index contributed by atoms with van der Waals surface area (Å²) in [5.74, 6) is 1.20. The van der Waals surface area contributed by atoms with E-state index in [1.165, 1.54) is 0 Å². The Labute approximate surface area is 124 Å². The molecule has 2 heterocycles. The molecule has 2 amide bonds. The van der Waals surface area contributed by atoms with Gasteiger partial charge in [0.05, 0.1) is 12.5 Å². The minimum atomic E-state index is 0.0123. The highest BCUT2D eigenvalue weighted by Crippen LogP contribution is 2.40. The van der Waals surface area contributed by atoms with Crippen LogP contribution in [0.25, 0.3) is 0 Å². The number of hydrogen-bond acceptors (Lipinski definition) is 3. The Morgan fingerprint density at radius 3 is 2.71 bits per heavy atom. The van der Waals surface area contributed by atoms with Crippen molar-refractivity contribution < 1.29 is 9.59 Å². The van der Waals surface area contributed by atoms with Gasteiger partial charge in [-0.15, -0.1) is 0 Å². The first kappa shape index (κ1) is 14.1. The first-order valence-corrected chi connectivity index (χ1v) is 7.44. The van der Waals surface area contributed by atoms with Gasteiger partial charge in [0.1, 0.15) is 5.69 Å². The van der Waals surface area contributed by atoms with Crippen molar-refractivity contribution in [1.82, 2.24) is 19.4 Å². The summed E-state index contributed by atoms with van der Waals surface area (Å²) in [6.07, 6.45) is 5.80. The Bertz CT molecular complexity index is 568. The third kappa shape index (κ3) is 2.43. The van der Waals surface area contributed by atoms with Crippen LogP contribution < -0.4 is 0 Å². The molecule has 0 unspecified atom stereocenters. The molecule has 1 aromatic rings. The van der Waals surface area contributed by atoms with Gasteiger partial charge in [0.2, 0.25) is 5.91 Å². The van der Waals surface area contributed by atoms with Crippen molar-refractivity contribution in [2.75, 3.05) is 20.6 Å². The molecular formula is C15H22N4O2. The smallest absolute Gasteiger partial charge is 0.272 e. The molecule has 1 saturated carbocycles. The van der Waals surface area contributed by atoms with E-state index in [1.807, 2.05) is 30.9 Å². The van der Waals surface area contributed by atoms with Crippen LogP contribution in [0, 0.1) is 11.8 Å². The van der Waals surface area contributed by atoms with Gasteiger partial charge in [-0.25, -0.2) is 4.98 Å². The zero-order valence-electron chi connectivity index (χ0n) is 12.8. The normalized spacial score (nSPS) is 28.6. The molecule has 2 aliphatic rings. The predicted octanol–water partition coefficient (Wildman–Crippen LogP) is 0.749. The van der Waals surface area contributed by atoms with E-state index in [9.17, 15) is 9.59 Å². The second-order valence-electron chi connectivity index (χ2n) is 6.43. The summed E-state index contributed by atoms with van der Waals surface area (Å²) >= 11 is 0. The molecule has 0 aromatic carbocycles. The van der Waals surface area contributed by atoms with E-state index in [2.05, 4.69) is 4.98 Å². The molecule has 0 spiro atoms. The summed E-state index contributed by atoms with van der Waals surface area (Å²) in [5, 5.41) is 0. The third-order valence-corrected chi connectivity index (χ3v) is 5.09. The standard InChI is InChI=1S/C15H22N4O2/c1-17-8-11-5-12(4-10(11)6-14(17)20)19(3)15(21)13-7-16-9-18(13)2/h7,9-12H,4-6,8H2,1-3H3/t10-,11+,12-/m1/s1. The zero-order valence-corrected chi connectivity index (χ0v) is 12.8. The van der Waals surface area contributed by atoms with Gasteiger partial charge in [0, 0.05) is 40.2 Å². The van der Waals surface area contributed by atoms with Crippen molar-refractivity contribution in [1.29, 1.82) is 0 Å². The Morgan fingerprint density at radius 2 is 2.05 bits per heavy atom. The van der Waals surface area contributed by atoms with Gasteiger partial charge in [-0.1, -0.05) is 0 Å². The number of carbonyl (C=O) groups excluding carboxylic acids is 2. The molecule has 3 atom stereocenters. The lowest BCUT2D eigenvalue weighted by Gasteiger charge is -2.31. The predicted molar refractivity (Wildman–Crippen MR) is 77.6 cm³/mol. The van der Waals surface area contributed by atoms with Crippen molar-refractivity contribution in [2.45, 2.75) is 25.3 Å². The molecular weight excluding hydrogens is 268 g/mol. The molecule has 0 bridgehead atoms. The Morgan fingerprint density at radius 1 is 1.33 bits per heavy atom. The molecule has 6 nitrogen and oxygen atoms in total. The van der Waals surface area contributed by atoms with Crippen LogP contribution in [0.1, 0.15) is 29.8 Å². The number of nitrogens with zero attached hydrogens (tertiary/aromatic N) is 4. The van der Waals surface area contributed by atoms with Crippen molar-refractivity contribution in [3.63, 3.8) is 0 Å². The number of likely N-dealkylation sites (tertiary alicyclic amines) is 1. The Balaban J connectivity index is 1.70. The molecule has 2 fully saturated rings. The molecule has 3 rings (SSSR count). The molecule has 6 heteroatoms. The number of amides is 2. The van der Waals surface area contributed by atoms with E-state index in [4.69, 9.17) is 0 Å². The number of rotatable bonds is 2. The SMILES string of the molecule is CN1C[C@@H]2C[C@H](N(C)C(=O)c3cncn3C)C[C@@H]2CC1=O. The molecule has 114 valence electrons. The summed E-state index contributed by atoms with van der Waals surface area (Å²) < 4.78 is 1.75. The number of carbonyl (C=O) groups is 2. The molecule has 1 aromatic heterocycles. The van der Waals surface area contributed by atoms with Crippen LogP contribution in [0.4, 0.5) is 0 Å². The van der Waals surface area contributed by atoms with Crippen molar-refractivity contribution >= 4 is 11.8 Å². The Kier molecular flexibility index (Phi) is 3.47. The van der Waals surface area contributed by atoms with Crippen LogP contribution in [-0.4, -0.2) is 57.8 Å². The molecule has 1 saturated heterocycles. The summed E-state index contributed by atoms with van der Waals surface area (Å²) in [6.45, 7) is 0.827. The number of hydrogen-bond donors (Lipinski definition) is 0. The zero-order chi connectivity index (χ0) is 15.1. The van der Waals surface area contributed by atoms with Crippen LogP contribution in [0.15, 0.2) is 12.5 Å². The monoisotopic (exact) mass is 290 g/mol. The average Bonchev–Trinajstić information content (AvgIpc) is 3.04. The highest BCUT2D eigenvalue weighted by molar-refractivity contribution is 5.92. The fraction of sp³-hybridized carbons (Fsp3) is 0.667. The summed E-state index contributed by atoms with van der Waals surface area (Å²) in [6, 6.07) is 0.224. The van der Waals surface area contributed by atoms with Gasteiger partial charge in [0.15, 0.2) is 0 Å². The van der Waals surface area contributed by atoms with E-state index >= 15 is 0 Å². The number of piperidine rings is 1. The van der Waals surface area contributed by atoms with Crippen molar-refractivity contribution in [2.24, 2.45) is 18.9 Å². The first-order valence-electron chi connectivity index (χ1n) is 7.44. The van der Waals surface area contributed by atoms with E-state index in [-0.39, 0.29) is 17.9 Å². The van der Waals surface area contributed by atoms with Crippen LogP contribution in [-0.2, 0) is 11.8 Å². The minimum Gasteiger partial charge on any atom is -0.345 e. The molecule has 1 aliphatic carbocycles. The number of imidazole rings is 1. The fourth-order valence-corrected chi connectivity index (χ4v) is 3.71. The number of aryl methyl sites for hydroxylation is 1. The van der Waals surface area contributed by atoms with Gasteiger partial charge in [-0.2, -0.15) is 0 Å². The maximum atomic E-state index is 12.5. The lowest BCUT2D eigenvalue weighted by molar-refractivity contribution is -0.134. The van der Waals surface area contributed by atoms with E-state index < -0.39 is 0 Å². The third-order valence-electron chi connectivity index (χ3n) is 5.09. The van der Waals surface area contributed by atoms with E-state index in [0.717, 1.165) is 19.4 Å². The van der Waals surface area contributed by atoms with Gasteiger partial charge < -0.3 is 14.4 Å². The van der Waals surface area contributed by atoms with Crippen molar-refractivity contribution in [3.05, 3.63) is 18.2 Å². The van der Waals surface area contributed by atoms with Crippen LogP contribution in [0.5, 0.6) is 0 Å². The second kappa shape index (κ2) is 5.16. The van der Waals surface area contributed by atoms with E-state index in [1.54, 1.807) is 17.1 Å². The highest BCUT2D eigenvalue weighted by atomic mass is 16.2. The summed E-state index contributed by atoms with van der Waals surface area (Å²) in [4.78, 5) is 32.0. The van der Waals surface area contributed by atoms with Gasteiger partial charge in [0.25, 0.3) is 5.91 Å². The van der Waals surface area contributed by atoms with E-state index in [0.29, 0.717) is 24.0 Å². The second-order valence-corrected chi connectivity index (χ2v) is 6.43. The Hall–Kier alpha value is -1.85.